The second-order valence-corrected chi connectivity index (χ2v) is 11.1. The molecule has 1 atom stereocenters. The number of rotatable bonds is 14. The first-order valence-electron chi connectivity index (χ1n) is 14.3. The van der Waals surface area contributed by atoms with Crippen molar-refractivity contribution in [2.45, 2.75) is 38.3 Å². The van der Waals surface area contributed by atoms with E-state index in [1.165, 1.54) is 5.56 Å². The normalized spacial score (nSPS) is 11.8. The zero-order valence-corrected chi connectivity index (χ0v) is 25.5. The number of halogens is 2. The van der Waals surface area contributed by atoms with E-state index in [0.717, 1.165) is 60.9 Å². The van der Waals surface area contributed by atoms with Crippen molar-refractivity contribution in [2.24, 2.45) is 0 Å². The Morgan fingerprint density at radius 2 is 1.60 bits per heavy atom. The fourth-order valence-corrected chi connectivity index (χ4v) is 5.31. The van der Waals surface area contributed by atoms with Crippen LogP contribution in [0.1, 0.15) is 48.5 Å². The van der Waals surface area contributed by atoms with Crippen LogP contribution in [0.2, 0.25) is 10.0 Å². The number of nitrogen functional groups attached to an aromatic ring is 1. The molecule has 220 valence electrons. The number of hydrogen-bond acceptors (Lipinski definition) is 5. The largest absolute Gasteiger partial charge is 0.497 e. The van der Waals surface area contributed by atoms with Crippen LogP contribution in [0.3, 0.4) is 0 Å². The third kappa shape index (κ3) is 9.66. The molecule has 0 bridgehead atoms. The lowest BCUT2D eigenvalue weighted by molar-refractivity contribution is 0.107. The molecule has 7 heteroatoms. The Morgan fingerprint density at radius 3 is 2.36 bits per heavy atom. The van der Waals surface area contributed by atoms with Crippen LogP contribution >= 0.6 is 23.2 Å². The Bertz CT molecular complexity index is 1480. The highest BCUT2D eigenvalue weighted by atomic mass is 35.5. The number of benzene rings is 4. The molecule has 1 unspecified atom stereocenters. The van der Waals surface area contributed by atoms with Gasteiger partial charge in [0.25, 0.3) is 0 Å². The van der Waals surface area contributed by atoms with E-state index < -0.39 is 6.10 Å². The molecule has 0 aromatic heterocycles. The molecule has 0 radical (unpaired) electrons. The highest BCUT2D eigenvalue weighted by Crippen LogP contribution is 2.31. The SMILES string of the molecule is COc1ccc2cc(C#CCOCCCCCCN(Cc3ccccc3)CC(O)c3cc(Cl)c(N)c(Cl)c3)ccc2c1. The van der Waals surface area contributed by atoms with E-state index in [2.05, 4.69) is 41.0 Å². The van der Waals surface area contributed by atoms with Gasteiger partial charge in [-0.25, -0.2) is 0 Å². The second-order valence-electron chi connectivity index (χ2n) is 10.3. The summed E-state index contributed by atoms with van der Waals surface area (Å²) < 4.78 is 11.0. The number of ether oxygens (including phenoxy) is 2. The van der Waals surface area contributed by atoms with Gasteiger partial charge in [-0.05, 0) is 77.7 Å². The number of unbranched alkanes of at least 4 members (excludes halogenated alkanes) is 3. The van der Waals surface area contributed by atoms with Gasteiger partial charge in [-0.15, -0.1) is 0 Å². The van der Waals surface area contributed by atoms with Crippen molar-refractivity contribution in [3.05, 3.63) is 106 Å². The third-order valence-corrected chi connectivity index (χ3v) is 7.76. The average molecular weight is 606 g/mol. The van der Waals surface area contributed by atoms with Crippen LogP contribution in [-0.4, -0.2) is 43.4 Å². The molecule has 0 saturated heterocycles. The number of nitrogens with zero attached hydrogens (tertiary/aromatic N) is 1. The molecule has 4 rings (SSSR count). The Morgan fingerprint density at radius 1 is 0.881 bits per heavy atom. The summed E-state index contributed by atoms with van der Waals surface area (Å²) in [6.45, 7) is 3.20. The summed E-state index contributed by atoms with van der Waals surface area (Å²) in [6, 6.07) is 25.9. The summed E-state index contributed by atoms with van der Waals surface area (Å²) >= 11 is 12.4. The molecule has 0 fully saturated rings. The smallest absolute Gasteiger partial charge is 0.119 e. The molecule has 0 spiro atoms. The molecule has 4 aromatic carbocycles. The van der Waals surface area contributed by atoms with Crippen LogP contribution in [0, 0.1) is 11.8 Å². The molecule has 0 aliphatic carbocycles. The predicted molar refractivity (Wildman–Crippen MR) is 174 cm³/mol. The van der Waals surface area contributed by atoms with E-state index in [1.807, 2.05) is 42.5 Å². The number of aliphatic hydroxyl groups is 1. The van der Waals surface area contributed by atoms with E-state index in [0.29, 0.717) is 41.1 Å². The van der Waals surface area contributed by atoms with Gasteiger partial charge in [-0.3, -0.25) is 4.90 Å². The fraction of sp³-hybridized carbons (Fsp3) is 0.314. The number of methoxy groups -OCH3 is 1. The topological polar surface area (TPSA) is 68.0 Å². The Balaban J connectivity index is 1.18. The maximum Gasteiger partial charge on any atom is 0.119 e. The van der Waals surface area contributed by atoms with E-state index in [1.54, 1.807) is 19.2 Å². The van der Waals surface area contributed by atoms with Crippen LogP contribution in [0.15, 0.2) is 78.9 Å². The minimum Gasteiger partial charge on any atom is -0.497 e. The number of anilines is 1. The number of hydrogen-bond donors (Lipinski definition) is 2. The molecule has 5 nitrogen and oxygen atoms in total. The number of nitrogens with two attached hydrogens (primary N) is 1. The molecule has 0 heterocycles. The van der Waals surface area contributed by atoms with Crippen molar-refractivity contribution in [3.8, 4) is 17.6 Å². The van der Waals surface area contributed by atoms with Gasteiger partial charge in [0.05, 0.1) is 28.9 Å². The quantitative estimate of drug-likeness (QED) is 0.0869. The van der Waals surface area contributed by atoms with Crippen molar-refractivity contribution in [3.63, 3.8) is 0 Å². The maximum atomic E-state index is 11.0. The van der Waals surface area contributed by atoms with Crippen molar-refractivity contribution in [1.82, 2.24) is 4.90 Å². The van der Waals surface area contributed by atoms with Gasteiger partial charge in [-0.1, -0.05) is 90.3 Å². The Hall–Kier alpha value is -3.24. The fourth-order valence-electron chi connectivity index (χ4n) is 4.81. The molecule has 0 aliphatic rings. The lowest BCUT2D eigenvalue weighted by Crippen LogP contribution is -2.29. The number of aliphatic hydroxyl groups excluding tert-OH is 1. The highest BCUT2D eigenvalue weighted by Gasteiger charge is 2.17. The van der Waals surface area contributed by atoms with E-state index in [-0.39, 0.29) is 0 Å². The second kappa shape index (κ2) is 16.4. The van der Waals surface area contributed by atoms with Gasteiger partial charge >= 0.3 is 0 Å². The molecule has 0 saturated carbocycles. The third-order valence-electron chi connectivity index (χ3n) is 7.13. The van der Waals surface area contributed by atoms with E-state index in [9.17, 15) is 5.11 Å². The Kier molecular flexibility index (Phi) is 12.4. The predicted octanol–water partition coefficient (Wildman–Crippen LogP) is 7.90. The molecule has 4 aromatic rings. The lowest BCUT2D eigenvalue weighted by atomic mass is 10.1. The first-order valence-corrected chi connectivity index (χ1v) is 15.0. The lowest BCUT2D eigenvalue weighted by Gasteiger charge is -2.26. The first-order chi connectivity index (χ1) is 20.4. The summed E-state index contributed by atoms with van der Waals surface area (Å²) in [5.74, 6) is 7.16. The first kappa shape index (κ1) is 31.7. The Labute approximate surface area is 259 Å². The zero-order valence-electron chi connectivity index (χ0n) is 24.0. The monoisotopic (exact) mass is 604 g/mol. The summed E-state index contributed by atoms with van der Waals surface area (Å²) in [7, 11) is 1.67. The summed E-state index contributed by atoms with van der Waals surface area (Å²) in [4.78, 5) is 2.27. The maximum absolute atomic E-state index is 11.0. The van der Waals surface area contributed by atoms with Crippen LogP contribution in [0.25, 0.3) is 10.8 Å². The van der Waals surface area contributed by atoms with Gasteiger partial charge in [0.2, 0.25) is 0 Å². The van der Waals surface area contributed by atoms with Gasteiger partial charge in [0.1, 0.15) is 12.4 Å². The van der Waals surface area contributed by atoms with Gasteiger partial charge in [-0.2, -0.15) is 0 Å². The minimum atomic E-state index is -0.725. The zero-order chi connectivity index (χ0) is 29.7. The van der Waals surface area contributed by atoms with E-state index >= 15 is 0 Å². The van der Waals surface area contributed by atoms with Crippen molar-refractivity contribution in [2.75, 3.05) is 39.1 Å². The number of fused-ring (bicyclic) bond motifs is 1. The van der Waals surface area contributed by atoms with Crippen molar-refractivity contribution in [1.29, 1.82) is 0 Å². The molecule has 3 N–H and O–H groups in total. The van der Waals surface area contributed by atoms with Gasteiger partial charge in [0, 0.05) is 25.3 Å². The minimum absolute atomic E-state index is 0.332. The van der Waals surface area contributed by atoms with E-state index in [4.69, 9.17) is 38.4 Å². The summed E-state index contributed by atoms with van der Waals surface area (Å²) in [5, 5.41) is 13.9. The van der Waals surface area contributed by atoms with Gasteiger partial charge < -0.3 is 20.3 Å². The van der Waals surface area contributed by atoms with Crippen LogP contribution in [-0.2, 0) is 11.3 Å². The molecule has 42 heavy (non-hydrogen) atoms. The van der Waals surface area contributed by atoms with Gasteiger partial charge in [0.15, 0.2) is 0 Å². The average Bonchev–Trinajstić information content (AvgIpc) is 3.00. The standard InChI is InChI=1S/C35H38Cl2N2O3/c1-41-31-16-15-28-20-26(13-14-29(28)21-31)12-9-19-42-18-8-3-2-7-17-39(24-27-10-5-4-6-11-27)25-34(40)30-22-32(36)35(38)33(37)23-30/h4-6,10-11,13-16,20-23,34,40H,2-3,7-8,17-19,24-25,38H2,1H3. The van der Waals surface area contributed by atoms with Crippen LogP contribution in [0.4, 0.5) is 5.69 Å². The van der Waals surface area contributed by atoms with Crippen molar-refractivity contribution < 1.29 is 14.6 Å². The van der Waals surface area contributed by atoms with Crippen LogP contribution in [0.5, 0.6) is 5.75 Å². The molecule has 0 aliphatic heterocycles. The molecule has 0 amide bonds. The summed E-state index contributed by atoms with van der Waals surface area (Å²) in [5.41, 5.74) is 9.05. The molecular formula is C35H38Cl2N2O3. The highest BCUT2D eigenvalue weighted by molar-refractivity contribution is 6.38. The van der Waals surface area contributed by atoms with Crippen LogP contribution < -0.4 is 10.5 Å². The van der Waals surface area contributed by atoms with Crippen molar-refractivity contribution >= 4 is 39.7 Å². The molecular weight excluding hydrogens is 567 g/mol. The summed E-state index contributed by atoms with van der Waals surface area (Å²) in [6.07, 6.45) is 3.45.